The average Bonchev–Trinajstić information content (AvgIpc) is 2.30. The summed E-state index contributed by atoms with van der Waals surface area (Å²) in [6, 6.07) is 0.882. The fraction of sp³-hybridized carbons (Fsp3) is 0.929. The number of likely N-dealkylation sites (tertiary alicyclic amines) is 2. The predicted molar refractivity (Wildman–Crippen MR) is 69.9 cm³/mol. The van der Waals surface area contributed by atoms with Crippen LogP contribution in [-0.2, 0) is 4.79 Å². The second-order valence-electron chi connectivity index (χ2n) is 5.77. The first-order valence-electron chi connectivity index (χ1n) is 7.22. The number of carbonyl (C=O) groups is 1. The third kappa shape index (κ3) is 3.21. The molecule has 3 heteroatoms. The number of hydrogen-bond acceptors (Lipinski definition) is 2. The summed E-state index contributed by atoms with van der Waals surface area (Å²) < 4.78 is 0. The lowest BCUT2D eigenvalue weighted by Crippen LogP contribution is -2.51. The Kier molecular flexibility index (Phi) is 4.43. The molecule has 2 atom stereocenters. The first-order chi connectivity index (χ1) is 8.18. The van der Waals surface area contributed by atoms with Crippen molar-refractivity contribution in [2.24, 2.45) is 0 Å². The Morgan fingerprint density at radius 2 is 1.59 bits per heavy atom. The summed E-state index contributed by atoms with van der Waals surface area (Å²) in [6.45, 7) is 7.27. The van der Waals surface area contributed by atoms with Crippen molar-refractivity contribution in [3.05, 3.63) is 0 Å². The van der Waals surface area contributed by atoms with E-state index in [4.69, 9.17) is 0 Å². The number of nitrogens with zero attached hydrogens (tertiary/aromatic N) is 2. The van der Waals surface area contributed by atoms with Crippen molar-refractivity contribution in [1.29, 1.82) is 0 Å². The fourth-order valence-corrected chi connectivity index (χ4v) is 3.30. The Hall–Kier alpha value is -0.570. The summed E-state index contributed by atoms with van der Waals surface area (Å²) in [4.78, 5) is 16.8. The predicted octanol–water partition coefficient (Wildman–Crippen LogP) is 2.26. The zero-order valence-corrected chi connectivity index (χ0v) is 11.3. The first kappa shape index (κ1) is 12.9. The molecule has 1 amide bonds. The molecule has 0 bridgehead atoms. The first-order valence-corrected chi connectivity index (χ1v) is 7.22. The fourth-order valence-electron chi connectivity index (χ4n) is 3.30. The molecule has 0 aromatic heterocycles. The van der Waals surface area contributed by atoms with Crippen LogP contribution in [0, 0.1) is 0 Å². The maximum Gasteiger partial charge on any atom is 0.237 e. The molecule has 17 heavy (non-hydrogen) atoms. The van der Waals surface area contributed by atoms with Crippen molar-refractivity contribution in [3.8, 4) is 0 Å². The number of hydrogen-bond donors (Lipinski definition) is 0. The lowest BCUT2D eigenvalue weighted by Gasteiger charge is -2.40. The van der Waals surface area contributed by atoms with Crippen LogP contribution in [0.1, 0.15) is 52.4 Å². The van der Waals surface area contributed by atoms with Gasteiger partial charge in [-0.25, -0.2) is 0 Å². The lowest BCUT2D eigenvalue weighted by molar-refractivity contribution is -0.138. The molecule has 0 N–H and O–H groups in total. The van der Waals surface area contributed by atoms with Crippen LogP contribution in [-0.4, -0.2) is 47.4 Å². The molecule has 2 fully saturated rings. The Morgan fingerprint density at radius 3 is 2.18 bits per heavy atom. The molecule has 0 saturated carbocycles. The van der Waals surface area contributed by atoms with Gasteiger partial charge in [-0.05, 0) is 59.0 Å². The Morgan fingerprint density at radius 1 is 1.00 bits per heavy atom. The van der Waals surface area contributed by atoms with E-state index >= 15 is 0 Å². The van der Waals surface area contributed by atoms with Gasteiger partial charge in [-0.2, -0.15) is 0 Å². The van der Waals surface area contributed by atoms with E-state index in [1.807, 2.05) is 0 Å². The lowest BCUT2D eigenvalue weighted by atomic mass is 9.97. The summed E-state index contributed by atoms with van der Waals surface area (Å²) in [5, 5.41) is 0. The molecular weight excluding hydrogens is 212 g/mol. The van der Waals surface area contributed by atoms with E-state index in [9.17, 15) is 4.79 Å². The summed E-state index contributed by atoms with van der Waals surface area (Å²) in [6.07, 6.45) is 7.49. The molecule has 98 valence electrons. The normalized spacial score (nSPS) is 31.5. The highest BCUT2D eigenvalue weighted by Crippen LogP contribution is 2.23. The minimum absolute atomic E-state index is 0.353. The molecule has 0 aliphatic carbocycles. The summed E-state index contributed by atoms with van der Waals surface area (Å²) in [5.74, 6) is 0.353. The SMILES string of the molecule is C[C@H]1CCC[C@H](C)N1C(=O)CN1CCCCC1. The monoisotopic (exact) mass is 238 g/mol. The van der Waals surface area contributed by atoms with Crippen LogP contribution in [0.5, 0.6) is 0 Å². The highest BCUT2D eigenvalue weighted by molar-refractivity contribution is 5.79. The van der Waals surface area contributed by atoms with Crippen LogP contribution >= 0.6 is 0 Å². The molecule has 2 saturated heterocycles. The van der Waals surface area contributed by atoms with Crippen LogP contribution < -0.4 is 0 Å². The second kappa shape index (κ2) is 5.85. The number of rotatable bonds is 2. The standard InChI is InChI=1S/C14H26N2O/c1-12-7-6-8-13(2)16(12)14(17)11-15-9-4-3-5-10-15/h12-13H,3-11H2,1-2H3/t12-,13-/m0/s1. The zero-order chi connectivity index (χ0) is 12.3. The van der Waals surface area contributed by atoms with Gasteiger partial charge in [0, 0.05) is 12.1 Å². The molecule has 0 spiro atoms. The molecule has 0 radical (unpaired) electrons. The number of carbonyl (C=O) groups excluding carboxylic acids is 1. The second-order valence-corrected chi connectivity index (χ2v) is 5.77. The van der Waals surface area contributed by atoms with E-state index in [0.29, 0.717) is 24.5 Å². The van der Waals surface area contributed by atoms with E-state index in [2.05, 4.69) is 23.6 Å². The van der Waals surface area contributed by atoms with Crippen molar-refractivity contribution in [1.82, 2.24) is 9.80 Å². The summed E-state index contributed by atoms with van der Waals surface area (Å²) in [5.41, 5.74) is 0. The van der Waals surface area contributed by atoms with Gasteiger partial charge in [-0.3, -0.25) is 9.69 Å². The van der Waals surface area contributed by atoms with E-state index < -0.39 is 0 Å². The Bertz CT molecular complexity index is 251. The maximum absolute atomic E-state index is 12.4. The smallest absolute Gasteiger partial charge is 0.237 e. The molecule has 0 aromatic carbocycles. The molecule has 2 aliphatic heterocycles. The third-order valence-electron chi connectivity index (χ3n) is 4.29. The maximum atomic E-state index is 12.4. The third-order valence-corrected chi connectivity index (χ3v) is 4.29. The van der Waals surface area contributed by atoms with E-state index in [-0.39, 0.29) is 0 Å². The highest BCUT2D eigenvalue weighted by atomic mass is 16.2. The van der Waals surface area contributed by atoms with Crippen LogP contribution in [0.2, 0.25) is 0 Å². The van der Waals surface area contributed by atoms with Gasteiger partial charge in [-0.15, -0.1) is 0 Å². The van der Waals surface area contributed by atoms with Crippen LogP contribution in [0.4, 0.5) is 0 Å². The van der Waals surface area contributed by atoms with E-state index in [1.165, 1.54) is 38.5 Å². The van der Waals surface area contributed by atoms with Gasteiger partial charge in [0.2, 0.25) is 5.91 Å². The topological polar surface area (TPSA) is 23.6 Å². The summed E-state index contributed by atoms with van der Waals surface area (Å²) in [7, 11) is 0. The Balaban J connectivity index is 1.88. The molecular formula is C14H26N2O. The van der Waals surface area contributed by atoms with Crippen LogP contribution in [0.25, 0.3) is 0 Å². The average molecular weight is 238 g/mol. The van der Waals surface area contributed by atoms with Crippen molar-refractivity contribution < 1.29 is 4.79 Å². The quantitative estimate of drug-likeness (QED) is 0.737. The molecule has 2 rings (SSSR count). The zero-order valence-electron chi connectivity index (χ0n) is 11.3. The number of piperidine rings is 2. The van der Waals surface area contributed by atoms with Crippen molar-refractivity contribution >= 4 is 5.91 Å². The molecule has 3 nitrogen and oxygen atoms in total. The van der Waals surface area contributed by atoms with E-state index in [0.717, 1.165) is 13.1 Å². The van der Waals surface area contributed by atoms with Gasteiger partial charge >= 0.3 is 0 Å². The minimum Gasteiger partial charge on any atom is -0.336 e. The Labute approximate surface area is 105 Å². The van der Waals surface area contributed by atoms with Gasteiger partial charge in [-0.1, -0.05) is 6.42 Å². The molecule has 0 aromatic rings. The largest absolute Gasteiger partial charge is 0.336 e. The molecule has 2 heterocycles. The number of amides is 1. The van der Waals surface area contributed by atoms with Gasteiger partial charge in [0.05, 0.1) is 6.54 Å². The van der Waals surface area contributed by atoms with Crippen molar-refractivity contribution in [2.75, 3.05) is 19.6 Å². The summed E-state index contributed by atoms with van der Waals surface area (Å²) >= 11 is 0. The van der Waals surface area contributed by atoms with Crippen molar-refractivity contribution in [2.45, 2.75) is 64.5 Å². The molecule has 0 unspecified atom stereocenters. The van der Waals surface area contributed by atoms with Crippen molar-refractivity contribution in [3.63, 3.8) is 0 Å². The van der Waals surface area contributed by atoms with Crippen LogP contribution in [0.3, 0.4) is 0 Å². The highest BCUT2D eigenvalue weighted by Gasteiger charge is 2.29. The molecule has 2 aliphatic rings. The van der Waals surface area contributed by atoms with Gasteiger partial charge < -0.3 is 4.90 Å². The van der Waals surface area contributed by atoms with Crippen LogP contribution in [0.15, 0.2) is 0 Å². The van der Waals surface area contributed by atoms with Gasteiger partial charge in [0.1, 0.15) is 0 Å². The van der Waals surface area contributed by atoms with Gasteiger partial charge in [0.25, 0.3) is 0 Å². The van der Waals surface area contributed by atoms with Gasteiger partial charge in [0.15, 0.2) is 0 Å². The van der Waals surface area contributed by atoms with E-state index in [1.54, 1.807) is 0 Å². The minimum atomic E-state index is 0.353.